The molecule has 7 heteroatoms. The molecule has 0 amide bonds. The molecular formula is C12H12ClN5O. The molecule has 6 nitrogen and oxygen atoms in total. The van der Waals surface area contributed by atoms with Gasteiger partial charge in [0.1, 0.15) is 22.6 Å². The second-order valence-electron chi connectivity index (χ2n) is 4.38. The fraction of sp³-hybridized carbons (Fsp3) is 0.333. The maximum Gasteiger partial charge on any atom is 0.156 e. The zero-order chi connectivity index (χ0) is 13.4. The molecule has 98 valence electrons. The molecule has 0 aromatic carbocycles. The van der Waals surface area contributed by atoms with Crippen molar-refractivity contribution in [2.24, 2.45) is 0 Å². The Morgan fingerprint density at radius 2 is 2.21 bits per heavy atom. The molecule has 0 radical (unpaired) electrons. The first-order valence-corrected chi connectivity index (χ1v) is 6.31. The third-order valence-corrected chi connectivity index (χ3v) is 3.44. The van der Waals surface area contributed by atoms with Gasteiger partial charge in [-0.1, -0.05) is 11.6 Å². The lowest BCUT2D eigenvalue weighted by Gasteiger charge is -2.29. The Bertz CT molecular complexity index is 639. The minimum atomic E-state index is 0.200. The largest absolute Gasteiger partial charge is 0.347 e. The number of halogens is 1. The van der Waals surface area contributed by atoms with Gasteiger partial charge in [0.25, 0.3) is 0 Å². The monoisotopic (exact) mass is 277 g/mol. The van der Waals surface area contributed by atoms with Crippen LogP contribution in [-0.2, 0) is 13.1 Å². The number of imidazole rings is 1. The van der Waals surface area contributed by atoms with E-state index in [1.807, 2.05) is 11.1 Å². The van der Waals surface area contributed by atoms with Gasteiger partial charge in [0.05, 0.1) is 12.1 Å². The fourth-order valence-corrected chi connectivity index (χ4v) is 2.48. The predicted octanol–water partition coefficient (Wildman–Crippen LogP) is 1.47. The van der Waals surface area contributed by atoms with Crippen molar-refractivity contribution in [2.45, 2.75) is 20.0 Å². The number of fused-ring (bicyclic) bond motifs is 1. The molecule has 0 saturated heterocycles. The minimum Gasteiger partial charge on any atom is -0.347 e. The summed E-state index contributed by atoms with van der Waals surface area (Å²) in [7, 11) is 0. The van der Waals surface area contributed by atoms with Gasteiger partial charge < -0.3 is 9.47 Å². The molecule has 0 aliphatic carbocycles. The van der Waals surface area contributed by atoms with E-state index in [0.29, 0.717) is 30.0 Å². The van der Waals surface area contributed by atoms with Gasteiger partial charge in [0, 0.05) is 25.5 Å². The second-order valence-corrected chi connectivity index (χ2v) is 4.73. The zero-order valence-electron chi connectivity index (χ0n) is 10.4. The Morgan fingerprint density at radius 3 is 3.00 bits per heavy atom. The van der Waals surface area contributed by atoms with Gasteiger partial charge in [-0.05, 0) is 6.92 Å². The van der Waals surface area contributed by atoms with E-state index in [4.69, 9.17) is 11.6 Å². The minimum absolute atomic E-state index is 0.200. The van der Waals surface area contributed by atoms with E-state index in [1.165, 1.54) is 0 Å². The summed E-state index contributed by atoms with van der Waals surface area (Å²) in [6.07, 6.45) is 4.43. The number of hydrogen-bond acceptors (Lipinski definition) is 5. The third-order valence-electron chi connectivity index (χ3n) is 3.15. The molecule has 0 fully saturated rings. The maximum absolute atomic E-state index is 11.2. The van der Waals surface area contributed by atoms with Crippen molar-refractivity contribution in [1.29, 1.82) is 0 Å². The molecule has 0 spiro atoms. The molecule has 3 heterocycles. The van der Waals surface area contributed by atoms with Crippen LogP contribution in [0.5, 0.6) is 0 Å². The summed E-state index contributed by atoms with van der Waals surface area (Å²) in [4.78, 5) is 25.8. The summed E-state index contributed by atoms with van der Waals surface area (Å²) < 4.78 is 2.09. The van der Waals surface area contributed by atoms with Crippen LogP contribution in [0.25, 0.3) is 0 Å². The Kier molecular flexibility index (Phi) is 2.94. The third kappa shape index (κ3) is 2.08. The van der Waals surface area contributed by atoms with Crippen LogP contribution >= 0.6 is 11.6 Å². The molecule has 1 aliphatic rings. The Balaban J connectivity index is 2.02. The van der Waals surface area contributed by atoms with E-state index in [0.717, 1.165) is 18.9 Å². The van der Waals surface area contributed by atoms with E-state index in [2.05, 4.69) is 19.5 Å². The molecule has 2 aromatic rings. The van der Waals surface area contributed by atoms with Crippen LogP contribution in [0.3, 0.4) is 0 Å². The predicted molar refractivity (Wildman–Crippen MR) is 70.4 cm³/mol. The van der Waals surface area contributed by atoms with Crippen molar-refractivity contribution in [1.82, 2.24) is 19.5 Å². The van der Waals surface area contributed by atoms with E-state index < -0.39 is 0 Å². The fourth-order valence-electron chi connectivity index (χ4n) is 2.23. The zero-order valence-corrected chi connectivity index (χ0v) is 11.1. The molecule has 3 rings (SSSR count). The Morgan fingerprint density at radius 1 is 1.37 bits per heavy atom. The highest BCUT2D eigenvalue weighted by Gasteiger charge is 2.22. The van der Waals surface area contributed by atoms with Crippen molar-refractivity contribution in [3.63, 3.8) is 0 Å². The molecule has 1 aliphatic heterocycles. The van der Waals surface area contributed by atoms with Crippen LogP contribution in [0, 0.1) is 6.92 Å². The summed E-state index contributed by atoms with van der Waals surface area (Å²) in [6, 6.07) is 0. The van der Waals surface area contributed by atoms with E-state index in [9.17, 15) is 4.79 Å². The van der Waals surface area contributed by atoms with Gasteiger partial charge in [0.2, 0.25) is 0 Å². The van der Waals surface area contributed by atoms with Crippen LogP contribution in [0.4, 0.5) is 5.82 Å². The van der Waals surface area contributed by atoms with Crippen LogP contribution in [-0.4, -0.2) is 32.3 Å². The van der Waals surface area contributed by atoms with Crippen LogP contribution in [0.2, 0.25) is 5.15 Å². The standard InChI is InChI=1S/C12H12ClN5O/c1-8-15-11(13)9(7-19)12(16-8)18-5-4-17-3-2-14-10(17)6-18/h2-3,7H,4-6H2,1H3. The number of carbonyl (C=O) groups excluding carboxylic acids is 1. The molecule has 0 atom stereocenters. The number of aromatic nitrogens is 4. The van der Waals surface area contributed by atoms with Crippen LogP contribution in [0.15, 0.2) is 12.4 Å². The van der Waals surface area contributed by atoms with Gasteiger partial charge in [-0.15, -0.1) is 0 Å². The van der Waals surface area contributed by atoms with Crippen molar-refractivity contribution in [3.05, 3.63) is 34.8 Å². The van der Waals surface area contributed by atoms with Crippen molar-refractivity contribution < 1.29 is 4.79 Å². The Hall–Kier alpha value is -1.95. The quantitative estimate of drug-likeness (QED) is 0.614. The first-order chi connectivity index (χ1) is 9.19. The number of anilines is 1. The van der Waals surface area contributed by atoms with E-state index in [-0.39, 0.29) is 5.15 Å². The lowest BCUT2D eigenvalue weighted by atomic mass is 10.2. The van der Waals surface area contributed by atoms with Crippen molar-refractivity contribution in [3.8, 4) is 0 Å². The highest BCUT2D eigenvalue weighted by molar-refractivity contribution is 6.32. The average molecular weight is 278 g/mol. The average Bonchev–Trinajstić information content (AvgIpc) is 2.85. The molecule has 0 saturated carbocycles. The smallest absolute Gasteiger partial charge is 0.156 e. The lowest BCUT2D eigenvalue weighted by Crippen LogP contribution is -2.35. The maximum atomic E-state index is 11.2. The lowest BCUT2D eigenvalue weighted by molar-refractivity contribution is 0.112. The van der Waals surface area contributed by atoms with Gasteiger partial charge in [-0.3, -0.25) is 4.79 Å². The number of rotatable bonds is 2. The number of aldehydes is 1. The van der Waals surface area contributed by atoms with Crippen molar-refractivity contribution in [2.75, 3.05) is 11.4 Å². The topological polar surface area (TPSA) is 63.9 Å². The summed E-state index contributed by atoms with van der Waals surface area (Å²) in [5.41, 5.74) is 0.340. The van der Waals surface area contributed by atoms with Gasteiger partial charge >= 0.3 is 0 Å². The molecule has 0 N–H and O–H groups in total. The normalized spacial score (nSPS) is 14.3. The SMILES string of the molecule is Cc1nc(Cl)c(C=O)c(N2CCn3ccnc3C2)n1. The molecular weight excluding hydrogens is 266 g/mol. The van der Waals surface area contributed by atoms with Crippen LogP contribution < -0.4 is 4.90 Å². The first-order valence-electron chi connectivity index (χ1n) is 5.93. The van der Waals surface area contributed by atoms with Gasteiger partial charge in [0.15, 0.2) is 6.29 Å². The van der Waals surface area contributed by atoms with Gasteiger partial charge in [-0.25, -0.2) is 15.0 Å². The van der Waals surface area contributed by atoms with E-state index >= 15 is 0 Å². The van der Waals surface area contributed by atoms with Crippen LogP contribution in [0.1, 0.15) is 22.0 Å². The highest BCUT2D eigenvalue weighted by atomic mass is 35.5. The van der Waals surface area contributed by atoms with Gasteiger partial charge in [-0.2, -0.15) is 0 Å². The second kappa shape index (κ2) is 4.62. The summed E-state index contributed by atoms with van der Waals surface area (Å²) in [5.74, 6) is 2.09. The first kappa shape index (κ1) is 12.1. The molecule has 19 heavy (non-hydrogen) atoms. The summed E-state index contributed by atoms with van der Waals surface area (Å²) in [6.45, 7) is 3.95. The number of hydrogen-bond donors (Lipinski definition) is 0. The number of carbonyl (C=O) groups is 1. The summed E-state index contributed by atoms with van der Waals surface area (Å²) >= 11 is 6.00. The molecule has 2 aromatic heterocycles. The Labute approximate surface area is 115 Å². The summed E-state index contributed by atoms with van der Waals surface area (Å²) in [5, 5.41) is 0.200. The van der Waals surface area contributed by atoms with E-state index in [1.54, 1.807) is 13.1 Å². The molecule has 0 bridgehead atoms. The van der Waals surface area contributed by atoms with Crippen molar-refractivity contribution >= 4 is 23.7 Å². The number of aryl methyl sites for hydroxylation is 1. The number of nitrogens with zero attached hydrogens (tertiary/aromatic N) is 5. The molecule has 0 unspecified atom stereocenters. The highest BCUT2D eigenvalue weighted by Crippen LogP contribution is 2.25.